The van der Waals surface area contributed by atoms with E-state index < -0.39 is 62.5 Å². The smallest absolute Gasteiger partial charge is 0.303 e. The summed E-state index contributed by atoms with van der Waals surface area (Å²) in [4.78, 5) is 80.5. The van der Waals surface area contributed by atoms with Gasteiger partial charge in [0.05, 0.1) is 6.61 Å². The molecule has 26 heavy (non-hydrogen) atoms. The fourth-order valence-corrected chi connectivity index (χ4v) is 3.29. The molecule has 0 radical (unpaired) electrons. The molecule has 0 aromatic carbocycles. The number of carbonyl (C=O) groups excluding carboxylic acids is 1. The molecule has 17 nitrogen and oxygen atoms in total. The van der Waals surface area contributed by atoms with E-state index in [0.717, 1.165) is 0 Å². The van der Waals surface area contributed by atoms with Crippen molar-refractivity contribution in [2.45, 2.75) is 18.3 Å². The maximum Gasteiger partial charge on any atom is 0.470 e. The molecule has 0 aliphatic heterocycles. The van der Waals surface area contributed by atoms with Crippen LogP contribution in [0.4, 0.5) is 0 Å². The van der Waals surface area contributed by atoms with Gasteiger partial charge in [-0.25, -0.2) is 18.3 Å². The van der Waals surface area contributed by atoms with Crippen molar-refractivity contribution >= 4 is 37.6 Å². The Labute approximate surface area is 143 Å². The maximum atomic E-state index is 11.0. The van der Waals surface area contributed by atoms with Crippen molar-refractivity contribution in [3.8, 4) is 0 Å². The molecule has 0 heterocycles. The van der Waals surface area contributed by atoms with Gasteiger partial charge in [0.15, 0.2) is 12.4 Å². The molecule has 156 valence electrons. The Morgan fingerprint density at radius 2 is 1.12 bits per heavy atom. The minimum absolute atomic E-state index is 0.479. The summed E-state index contributed by atoms with van der Waals surface area (Å²) in [5.74, 6) is 0. The quantitative estimate of drug-likeness (QED) is 0.110. The Kier molecular flexibility index (Phi) is 9.58. The van der Waals surface area contributed by atoms with Crippen molar-refractivity contribution in [3.05, 3.63) is 0 Å². The highest BCUT2D eigenvalue weighted by molar-refractivity contribution is 7.47. The van der Waals surface area contributed by atoms with E-state index in [-0.39, 0.29) is 0 Å². The van der Waals surface area contributed by atoms with Crippen LogP contribution < -0.4 is 0 Å². The minimum atomic E-state index is -5.61. The van der Waals surface area contributed by atoms with Crippen molar-refractivity contribution in [1.29, 1.82) is 0 Å². The van der Waals surface area contributed by atoms with E-state index in [1.165, 1.54) is 0 Å². The molecule has 21 heteroatoms. The first-order valence-corrected chi connectivity index (χ1v) is 11.8. The maximum absolute atomic E-state index is 11.0. The van der Waals surface area contributed by atoms with Crippen LogP contribution >= 0.6 is 31.3 Å². The molecular weight excluding hydrogens is 456 g/mol. The lowest BCUT2D eigenvalue weighted by Crippen LogP contribution is -2.44. The first-order valence-electron chi connectivity index (χ1n) is 5.70. The Morgan fingerprint density at radius 1 is 0.692 bits per heavy atom. The zero-order chi connectivity index (χ0) is 21.0. The van der Waals surface area contributed by atoms with E-state index >= 15 is 0 Å². The summed E-state index contributed by atoms with van der Waals surface area (Å²) in [5.41, 5.74) is 0. The standard InChI is InChI=1S/C5H14O17P4/c6-1-3(20-24(10,11)12)5(22-26(16,17)18)4(21-25(13,14)15)2-19-23(7,8)9/h1,3-5H,2H2,(H2,7,8,9)(H2,10,11,12)(H2,13,14,15)(H2,16,17,18)/t3-,4+,5-/m0/s1. The highest BCUT2D eigenvalue weighted by Gasteiger charge is 2.43. The summed E-state index contributed by atoms with van der Waals surface area (Å²) in [6, 6.07) is 0. The molecule has 0 saturated carbocycles. The van der Waals surface area contributed by atoms with Crippen LogP contribution in [0.5, 0.6) is 0 Å². The van der Waals surface area contributed by atoms with Crippen molar-refractivity contribution in [3.63, 3.8) is 0 Å². The summed E-state index contributed by atoms with van der Waals surface area (Å²) < 4.78 is 59.1. The Bertz CT molecular complexity index is 648. The third-order valence-electron chi connectivity index (χ3n) is 2.02. The van der Waals surface area contributed by atoms with E-state index in [1.807, 2.05) is 0 Å². The molecule has 0 unspecified atom stereocenters. The topological polar surface area (TPSA) is 284 Å². The van der Waals surface area contributed by atoms with Gasteiger partial charge < -0.3 is 43.9 Å². The van der Waals surface area contributed by atoms with Crippen molar-refractivity contribution in [1.82, 2.24) is 0 Å². The van der Waals surface area contributed by atoms with E-state index in [9.17, 15) is 23.1 Å². The summed E-state index contributed by atoms with van der Waals surface area (Å²) in [6.45, 7) is -1.55. The Morgan fingerprint density at radius 3 is 1.42 bits per heavy atom. The third-order valence-corrected chi connectivity index (χ3v) is 4.09. The largest absolute Gasteiger partial charge is 0.470 e. The zero-order valence-corrected chi connectivity index (χ0v) is 15.6. The minimum Gasteiger partial charge on any atom is -0.303 e. The van der Waals surface area contributed by atoms with Crippen LogP contribution in [0.3, 0.4) is 0 Å². The molecule has 0 aromatic heterocycles. The average Bonchev–Trinajstić information content (AvgIpc) is 2.34. The summed E-state index contributed by atoms with van der Waals surface area (Å²) >= 11 is 0. The highest BCUT2D eigenvalue weighted by atomic mass is 31.2. The van der Waals surface area contributed by atoms with Gasteiger partial charge in [0.2, 0.25) is 0 Å². The first kappa shape index (κ1) is 26.1. The monoisotopic (exact) mass is 470 g/mol. The molecular formula is C5H14O17P4. The van der Waals surface area contributed by atoms with Crippen LogP contribution in [0.25, 0.3) is 0 Å². The fraction of sp³-hybridized carbons (Fsp3) is 0.800. The highest BCUT2D eigenvalue weighted by Crippen LogP contribution is 2.47. The fourth-order valence-electron chi connectivity index (χ4n) is 1.35. The van der Waals surface area contributed by atoms with Gasteiger partial charge in [0.1, 0.15) is 12.2 Å². The van der Waals surface area contributed by atoms with Gasteiger partial charge in [0, 0.05) is 0 Å². The average molecular weight is 470 g/mol. The lowest BCUT2D eigenvalue weighted by atomic mass is 10.1. The summed E-state index contributed by atoms with van der Waals surface area (Å²) in [6.07, 6.45) is -8.31. The normalized spacial score (nSPS) is 17.5. The molecule has 0 saturated heterocycles. The number of phosphoric acid groups is 4. The number of hydrogen-bond donors (Lipinski definition) is 8. The van der Waals surface area contributed by atoms with Crippen LogP contribution in [0.2, 0.25) is 0 Å². The van der Waals surface area contributed by atoms with Crippen LogP contribution in [0, 0.1) is 0 Å². The SMILES string of the molecule is O=C[C@H](OP(=O)(O)O)[C@H](OP(=O)(O)O)[C@@H](COP(=O)(O)O)OP(=O)(O)O. The molecule has 0 amide bonds. The van der Waals surface area contributed by atoms with E-state index in [0.29, 0.717) is 0 Å². The van der Waals surface area contributed by atoms with Crippen molar-refractivity contribution in [2.24, 2.45) is 0 Å². The van der Waals surface area contributed by atoms with Gasteiger partial charge in [-0.1, -0.05) is 0 Å². The van der Waals surface area contributed by atoms with Gasteiger partial charge >= 0.3 is 31.3 Å². The number of rotatable bonds is 12. The number of hydrogen-bond acceptors (Lipinski definition) is 9. The lowest BCUT2D eigenvalue weighted by molar-refractivity contribution is -0.125. The predicted molar refractivity (Wildman–Crippen MR) is 74.8 cm³/mol. The van der Waals surface area contributed by atoms with Crippen LogP contribution in [0.1, 0.15) is 0 Å². The van der Waals surface area contributed by atoms with Gasteiger partial charge in [-0.15, -0.1) is 0 Å². The molecule has 0 bridgehead atoms. The second kappa shape index (κ2) is 9.54. The summed E-state index contributed by atoms with van der Waals surface area (Å²) in [7, 11) is -22.0. The molecule has 0 aliphatic carbocycles. The third kappa shape index (κ3) is 13.3. The van der Waals surface area contributed by atoms with Gasteiger partial charge in [-0.3, -0.25) is 18.1 Å². The summed E-state index contributed by atoms with van der Waals surface area (Å²) in [5, 5.41) is 0. The number of aldehydes is 1. The molecule has 0 rings (SSSR count). The first-order chi connectivity index (χ1) is 11.3. The Hall–Kier alpha value is 0.110. The van der Waals surface area contributed by atoms with Gasteiger partial charge in [-0.2, -0.15) is 0 Å². The second-order valence-electron chi connectivity index (χ2n) is 4.18. The van der Waals surface area contributed by atoms with Crippen molar-refractivity contribution in [2.75, 3.05) is 6.61 Å². The Balaban J connectivity index is 5.91. The van der Waals surface area contributed by atoms with E-state index in [4.69, 9.17) is 39.1 Å². The number of carbonyl (C=O) groups is 1. The van der Waals surface area contributed by atoms with Crippen LogP contribution in [-0.4, -0.2) is 70.4 Å². The molecule has 3 atom stereocenters. The second-order valence-corrected chi connectivity index (χ2v) is 8.99. The lowest BCUT2D eigenvalue weighted by Gasteiger charge is -2.30. The molecule has 0 fully saturated rings. The zero-order valence-electron chi connectivity index (χ0n) is 12.1. The molecule has 0 aliphatic rings. The van der Waals surface area contributed by atoms with Gasteiger partial charge in [-0.05, 0) is 0 Å². The van der Waals surface area contributed by atoms with Crippen molar-refractivity contribution < 1.29 is 80.3 Å². The number of phosphoric ester groups is 4. The van der Waals surface area contributed by atoms with Gasteiger partial charge in [0.25, 0.3) is 0 Å². The van der Waals surface area contributed by atoms with E-state index in [2.05, 4.69) is 18.1 Å². The molecule has 8 N–H and O–H groups in total. The predicted octanol–water partition coefficient (Wildman–Crippen LogP) is -2.27. The van der Waals surface area contributed by atoms with Crippen LogP contribution in [-0.2, 0) is 41.1 Å². The van der Waals surface area contributed by atoms with Crippen LogP contribution in [0.15, 0.2) is 0 Å². The molecule has 0 aromatic rings. The van der Waals surface area contributed by atoms with E-state index in [1.54, 1.807) is 0 Å². The molecule has 0 spiro atoms.